The van der Waals surface area contributed by atoms with Crippen molar-refractivity contribution >= 4 is 45.1 Å². The predicted octanol–water partition coefficient (Wildman–Crippen LogP) is 5.35. The number of benzene rings is 1. The lowest BCUT2D eigenvalue weighted by atomic mass is 9.52. The number of phenolic OH excluding ortho intramolecular Hbond substituents is 1. The molecule has 0 saturated heterocycles. The molecule has 60 heavy (non-hydrogen) atoms. The Hall–Kier alpha value is -4.67. The fourth-order valence-corrected chi connectivity index (χ4v) is 10.8. The lowest BCUT2D eigenvalue weighted by Crippen LogP contribution is -2.47. The van der Waals surface area contributed by atoms with Gasteiger partial charge in [0.15, 0.2) is 0 Å². The Morgan fingerprint density at radius 2 is 1.52 bits per heavy atom. The minimum Gasteiger partial charge on any atom is -0.508 e. The summed E-state index contributed by atoms with van der Waals surface area (Å²) in [6.45, 7) is 3.23. The number of unbranched alkanes of at least 4 members (excludes halogenated alkanes) is 3. The van der Waals surface area contributed by atoms with E-state index in [1.165, 1.54) is 28.0 Å². The molecule has 3 aliphatic rings. The molecule has 6 rings (SSSR count). The third kappa shape index (κ3) is 10.6. The molecule has 15 nitrogen and oxygen atoms in total. The lowest BCUT2D eigenvalue weighted by Gasteiger charge is -2.53. The summed E-state index contributed by atoms with van der Waals surface area (Å²) in [4.78, 5) is 50.7. The zero-order valence-corrected chi connectivity index (χ0v) is 36.1. The van der Waals surface area contributed by atoms with E-state index in [2.05, 4.69) is 38.4 Å². The number of aryl methyl sites for hydroxylation is 2. The summed E-state index contributed by atoms with van der Waals surface area (Å²) in [5.41, 5.74) is 3.97. The summed E-state index contributed by atoms with van der Waals surface area (Å²) < 4.78 is 30.4. The van der Waals surface area contributed by atoms with E-state index in [0.29, 0.717) is 66.0 Å². The van der Waals surface area contributed by atoms with Crippen molar-refractivity contribution in [1.29, 1.82) is 0 Å². The molecule has 0 spiro atoms. The summed E-state index contributed by atoms with van der Waals surface area (Å²) in [7, 11) is 0.553. The van der Waals surface area contributed by atoms with Gasteiger partial charge in [-0.25, -0.2) is 0 Å². The minimum absolute atomic E-state index is 0.00969. The zero-order chi connectivity index (χ0) is 43.2. The first kappa shape index (κ1) is 44.9. The van der Waals surface area contributed by atoms with E-state index in [0.717, 1.165) is 71.3 Å². The number of phenols is 1. The number of carbonyl (C=O) groups is 4. The number of aliphatic hydroxyl groups excluding tert-OH is 1. The molecule has 2 fully saturated rings. The Morgan fingerprint density at radius 3 is 2.25 bits per heavy atom. The van der Waals surface area contributed by atoms with Gasteiger partial charge in [0.25, 0.3) is 21.9 Å². The van der Waals surface area contributed by atoms with Crippen LogP contribution in [-0.4, -0.2) is 83.4 Å². The number of nitrogens with one attached hydrogen (secondary N) is 4. The number of amides is 4. The molecular formula is C44H62N6O9S. The largest absolute Gasteiger partial charge is 0.508 e. The van der Waals surface area contributed by atoms with Crippen molar-refractivity contribution in [3.05, 3.63) is 65.2 Å². The molecule has 1 aromatic carbocycles. The van der Waals surface area contributed by atoms with E-state index in [-0.39, 0.29) is 41.9 Å². The molecule has 2 saturated carbocycles. The Bertz CT molecular complexity index is 2150. The average Bonchev–Trinajstić information content (AvgIpc) is 3.87. The number of fused-ring (bicyclic) bond motifs is 5. The summed E-state index contributed by atoms with van der Waals surface area (Å²) in [6.07, 6.45) is 13.8. The van der Waals surface area contributed by atoms with Gasteiger partial charge < -0.3 is 40.6 Å². The third-order valence-electron chi connectivity index (χ3n) is 13.4. The molecule has 3 aromatic rings. The second kappa shape index (κ2) is 19.4. The highest BCUT2D eigenvalue weighted by atomic mass is 32.2. The fraction of sp³-hybridized carbons (Fsp3) is 0.591. The molecule has 2 heterocycles. The Morgan fingerprint density at radius 1 is 0.833 bits per heavy atom. The van der Waals surface area contributed by atoms with Crippen molar-refractivity contribution in [3.63, 3.8) is 0 Å². The average molecular weight is 851 g/mol. The number of rotatable bonds is 19. The molecule has 6 N–H and O–H groups in total. The van der Waals surface area contributed by atoms with Crippen molar-refractivity contribution < 1.29 is 42.0 Å². The van der Waals surface area contributed by atoms with Gasteiger partial charge in [0.1, 0.15) is 17.1 Å². The van der Waals surface area contributed by atoms with Gasteiger partial charge in [-0.05, 0) is 116 Å². The summed E-state index contributed by atoms with van der Waals surface area (Å²) >= 11 is 0. The number of anilines is 2. The number of aromatic nitrogens is 2. The van der Waals surface area contributed by atoms with Crippen molar-refractivity contribution in [2.24, 2.45) is 37.3 Å². The van der Waals surface area contributed by atoms with Gasteiger partial charge in [0.05, 0.1) is 30.3 Å². The van der Waals surface area contributed by atoms with Crippen molar-refractivity contribution in [2.75, 3.05) is 36.6 Å². The molecule has 0 aliphatic heterocycles. The van der Waals surface area contributed by atoms with E-state index in [9.17, 15) is 37.8 Å². The van der Waals surface area contributed by atoms with Gasteiger partial charge in [0, 0.05) is 52.4 Å². The van der Waals surface area contributed by atoms with Crippen LogP contribution in [0.2, 0.25) is 0 Å². The monoisotopic (exact) mass is 850 g/mol. The quantitative estimate of drug-likeness (QED) is 0.0678. The minimum atomic E-state index is -3.78. The summed E-state index contributed by atoms with van der Waals surface area (Å²) in [5, 5.41) is 32.4. The maximum atomic E-state index is 13.0. The Labute approximate surface area is 353 Å². The molecule has 0 radical (unpaired) electrons. The lowest BCUT2D eigenvalue weighted by molar-refractivity contribution is -0.121. The number of hydrogen-bond acceptors (Lipinski definition) is 9. The molecule has 4 amide bonds. The number of carbonyl (C=O) groups excluding carboxylic acids is 4. The fourth-order valence-electron chi connectivity index (χ4n) is 10.2. The Balaban J connectivity index is 0.861. The number of hydrogen-bond donors (Lipinski definition) is 6. The van der Waals surface area contributed by atoms with Crippen LogP contribution < -0.4 is 21.3 Å². The first-order valence-corrected chi connectivity index (χ1v) is 22.9. The molecule has 6 atom stereocenters. The molecule has 16 heteroatoms. The maximum absolute atomic E-state index is 13.0. The standard InChI is InChI=1S/C44H62N6O9S/c1-44-18-16-34-33-13-12-32(51)23-29(33)22-28(41(34)35(44)14-15-38(44)52)10-7-5-6-8-19-45-39(53)11-9-20-46-42(55)36-25-31(27-49(36)2)48-43(56)37-24-30(26-50(37)3)47-40(54)17-21-60(57,58)59-4/h12-13,23-28,34-35,38,41,51-52H,5-11,14-22H2,1-4H3,(H,45,53)(H,46,55)(H,47,54)(H,48,56)/t28-,34?,35?,38+,41?,44+/m1/s1. The Kier molecular flexibility index (Phi) is 14.5. The summed E-state index contributed by atoms with van der Waals surface area (Å²) in [5.74, 6) is 0.611. The summed E-state index contributed by atoms with van der Waals surface area (Å²) in [6, 6.07) is 8.96. The molecule has 328 valence electrons. The van der Waals surface area contributed by atoms with E-state index < -0.39 is 27.7 Å². The zero-order valence-electron chi connectivity index (χ0n) is 35.3. The van der Waals surface area contributed by atoms with Gasteiger partial charge in [-0.1, -0.05) is 32.3 Å². The maximum Gasteiger partial charge on any atom is 0.272 e. The van der Waals surface area contributed by atoms with Crippen molar-refractivity contribution in [3.8, 4) is 5.75 Å². The highest BCUT2D eigenvalue weighted by molar-refractivity contribution is 7.86. The molecular weight excluding hydrogens is 789 g/mol. The molecule has 0 bridgehead atoms. The molecule has 2 aromatic heterocycles. The van der Waals surface area contributed by atoms with Crippen LogP contribution in [0, 0.1) is 23.2 Å². The van der Waals surface area contributed by atoms with E-state index in [1.807, 2.05) is 12.1 Å². The first-order valence-electron chi connectivity index (χ1n) is 21.4. The van der Waals surface area contributed by atoms with Gasteiger partial charge in [0.2, 0.25) is 11.8 Å². The first-order chi connectivity index (χ1) is 28.6. The number of nitrogens with zero attached hydrogens (tertiary/aromatic N) is 2. The van der Waals surface area contributed by atoms with E-state index in [4.69, 9.17) is 0 Å². The van der Waals surface area contributed by atoms with Crippen LogP contribution in [0.3, 0.4) is 0 Å². The van der Waals surface area contributed by atoms with Crippen LogP contribution in [0.5, 0.6) is 5.75 Å². The topological polar surface area (TPSA) is 210 Å². The van der Waals surface area contributed by atoms with Crippen LogP contribution in [0.4, 0.5) is 11.4 Å². The number of aliphatic hydroxyl groups is 1. The normalized spacial score (nSPS) is 23.2. The third-order valence-corrected chi connectivity index (χ3v) is 14.6. The second-order valence-electron chi connectivity index (χ2n) is 17.3. The second-order valence-corrected chi connectivity index (χ2v) is 19.2. The van der Waals surface area contributed by atoms with E-state index in [1.54, 1.807) is 30.9 Å². The van der Waals surface area contributed by atoms with E-state index >= 15 is 0 Å². The van der Waals surface area contributed by atoms with Crippen LogP contribution in [0.1, 0.15) is 122 Å². The van der Waals surface area contributed by atoms with Gasteiger partial charge in [-0.15, -0.1) is 0 Å². The number of aromatic hydroxyl groups is 1. The molecule has 3 unspecified atom stereocenters. The van der Waals surface area contributed by atoms with Crippen LogP contribution in [0.25, 0.3) is 0 Å². The SMILES string of the molecule is COS(=O)(=O)CCC(=O)Nc1cc(C(=O)Nc2cc(C(=O)NCCCC(=O)NCCCCCC[C@@H]3Cc4cc(O)ccc4C4CC[C@@]5(C)C(CC[C@@H]5O)C43)n(C)c2)n(C)c1. The molecule has 3 aliphatic carbocycles. The van der Waals surface area contributed by atoms with Crippen molar-refractivity contribution in [1.82, 2.24) is 19.8 Å². The highest BCUT2D eigenvalue weighted by Crippen LogP contribution is 2.62. The van der Waals surface area contributed by atoms with Crippen LogP contribution in [0.15, 0.2) is 42.7 Å². The van der Waals surface area contributed by atoms with Gasteiger partial charge in [-0.3, -0.25) is 23.4 Å². The van der Waals surface area contributed by atoms with Gasteiger partial charge >= 0.3 is 0 Å². The smallest absolute Gasteiger partial charge is 0.272 e. The highest BCUT2D eigenvalue weighted by Gasteiger charge is 2.56. The van der Waals surface area contributed by atoms with Crippen LogP contribution in [-0.2, 0) is 44.4 Å². The van der Waals surface area contributed by atoms with Crippen LogP contribution >= 0.6 is 0 Å². The van der Waals surface area contributed by atoms with Gasteiger partial charge in [-0.2, -0.15) is 8.42 Å². The predicted molar refractivity (Wildman–Crippen MR) is 228 cm³/mol. The van der Waals surface area contributed by atoms with Crippen molar-refractivity contribution in [2.45, 2.75) is 102 Å².